The zero-order valence-corrected chi connectivity index (χ0v) is 10.8. The number of aromatic hydroxyl groups is 1. The minimum Gasteiger partial charge on any atom is -0.506 e. The van der Waals surface area contributed by atoms with Gasteiger partial charge >= 0.3 is 5.69 Å². The first kappa shape index (κ1) is 12.2. The summed E-state index contributed by atoms with van der Waals surface area (Å²) in [7, 11) is 0. The molecule has 1 aromatic heterocycles. The standard InChI is InChI=1S/C15H12N2O3/c1-9-5-7-10(8-6-9)17-14(19)11-3-2-4-12(18)13(11)16-15(17)20/h2-8,18H,1H3,(H,16,20). The number of nitrogens with zero attached hydrogens (tertiary/aromatic N) is 1. The van der Waals surface area contributed by atoms with E-state index < -0.39 is 11.2 Å². The van der Waals surface area contributed by atoms with Gasteiger partial charge in [0.25, 0.3) is 5.56 Å². The van der Waals surface area contributed by atoms with Gasteiger partial charge in [0.1, 0.15) is 5.75 Å². The Bertz CT molecular complexity index is 905. The molecule has 5 heteroatoms. The maximum absolute atomic E-state index is 12.4. The Morgan fingerprint density at radius 3 is 2.45 bits per heavy atom. The van der Waals surface area contributed by atoms with Gasteiger partial charge in [0.05, 0.1) is 16.6 Å². The summed E-state index contributed by atoms with van der Waals surface area (Å²) in [5.74, 6) is -0.118. The van der Waals surface area contributed by atoms with Crippen LogP contribution in [0.2, 0.25) is 0 Å². The van der Waals surface area contributed by atoms with Gasteiger partial charge in [0.2, 0.25) is 0 Å². The molecule has 0 saturated heterocycles. The fraction of sp³-hybridized carbons (Fsp3) is 0.0667. The smallest absolute Gasteiger partial charge is 0.333 e. The summed E-state index contributed by atoms with van der Waals surface area (Å²) in [6.07, 6.45) is 0. The first-order valence-electron chi connectivity index (χ1n) is 6.12. The lowest BCUT2D eigenvalue weighted by molar-refractivity contribution is 0.480. The number of para-hydroxylation sites is 1. The quantitative estimate of drug-likeness (QED) is 0.705. The maximum Gasteiger partial charge on any atom is 0.333 e. The highest BCUT2D eigenvalue weighted by Gasteiger charge is 2.11. The van der Waals surface area contributed by atoms with Crippen molar-refractivity contribution in [1.29, 1.82) is 0 Å². The van der Waals surface area contributed by atoms with E-state index in [1.807, 2.05) is 19.1 Å². The van der Waals surface area contributed by atoms with Crippen LogP contribution in [0.3, 0.4) is 0 Å². The molecule has 0 unspecified atom stereocenters. The third-order valence-corrected chi connectivity index (χ3v) is 3.20. The van der Waals surface area contributed by atoms with Crippen molar-refractivity contribution in [3.05, 3.63) is 68.9 Å². The van der Waals surface area contributed by atoms with Gasteiger partial charge in [-0.05, 0) is 31.2 Å². The Labute approximate surface area is 113 Å². The minimum absolute atomic E-state index is 0.118. The topological polar surface area (TPSA) is 75.1 Å². The molecule has 3 rings (SSSR count). The van der Waals surface area contributed by atoms with Gasteiger partial charge in [-0.15, -0.1) is 0 Å². The molecule has 0 amide bonds. The molecule has 0 radical (unpaired) electrons. The molecule has 2 N–H and O–H groups in total. The fourth-order valence-corrected chi connectivity index (χ4v) is 2.15. The molecular formula is C15H12N2O3. The first-order chi connectivity index (χ1) is 9.58. The number of benzene rings is 2. The van der Waals surface area contributed by atoms with E-state index in [1.165, 1.54) is 6.07 Å². The summed E-state index contributed by atoms with van der Waals surface area (Å²) >= 11 is 0. The number of hydrogen-bond donors (Lipinski definition) is 2. The van der Waals surface area contributed by atoms with Gasteiger partial charge in [-0.2, -0.15) is 0 Å². The van der Waals surface area contributed by atoms with Crippen molar-refractivity contribution < 1.29 is 5.11 Å². The van der Waals surface area contributed by atoms with E-state index in [2.05, 4.69) is 4.98 Å². The number of phenolic OH excluding ortho intramolecular Hbond substituents is 1. The number of nitrogens with one attached hydrogen (secondary N) is 1. The van der Waals surface area contributed by atoms with Crippen molar-refractivity contribution in [3.8, 4) is 11.4 Å². The molecular weight excluding hydrogens is 256 g/mol. The van der Waals surface area contributed by atoms with E-state index in [0.717, 1.165) is 10.1 Å². The Morgan fingerprint density at radius 1 is 1.05 bits per heavy atom. The summed E-state index contributed by atoms with van der Waals surface area (Å²) in [5.41, 5.74) is 0.658. The average molecular weight is 268 g/mol. The monoisotopic (exact) mass is 268 g/mol. The number of aryl methyl sites for hydroxylation is 1. The minimum atomic E-state index is -0.576. The van der Waals surface area contributed by atoms with Crippen molar-refractivity contribution in [3.63, 3.8) is 0 Å². The van der Waals surface area contributed by atoms with Gasteiger partial charge in [-0.25, -0.2) is 9.36 Å². The Kier molecular flexibility index (Phi) is 2.68. The lowest BCUT2D eigenvalue weighted by atomic mass is 10.2. The number of hydrogen-bond acceptors (Lipinski definition) is 3. The third-order valence-electron chi connectivity index (χ3n) is 3.20. The molecule has 2 aromatic carbocycles. The zero-order chi connectivity index (χ0) is 14.3. The lowest BCUT2D eigenvalue weighted by Crippen LogP contribution is -2.33. The number of aromatic nitrogens is 2. The van der Waals surface area contributed by atoms with Gasteiger partial charge in [-0.3, -0.25) is 4.79 Å². The van der Waals surface area contributed by atoms with Crippen LogP contribution in [0.25, 0.3) is 16.6 Å². The molecule has 100 valence electrons. The average Bonchev–Trinajstić information content (AvgIpc) is 2.42. The highest BCUT2D eigenvalue weighted by molar-refractivity contribution is 5.83. The van der Waals surface area contributed by atoms with E-state index in [1.54, 1.807) is 24.3 Å². The Morgan fingerprint density at radius 2 is 1.75 bits per heavy atom. The molecule has 0 aliphatic heterocycles. The van der Waals surface area contributed by atoms with E-state index in [9.17, 15) is 14.7 Å². The highest BCUT2D eigenvalue weighted by Crippen LogP contribution is 2.18. The molecule has 0 aliphatic rings. The van der Waals surface area contributed by atoms with Crippen LogP contribution in [0.4, 0.5) is 0 Å². The van der Waals surface area contributed by atoms with Crippen LogP contribution in [0.5, 0.6) is 5.75 Å². The number of aromatic amines is 1. The Hall–Kier alpha value is -2.82. The van der Waals surface area contributed by atoms with E-state index in [0.29, 0.717) is 5.69 Å². The molecule has 0 fully saturated rings. The third kappa shape index (κ3) is 1.80. The van der Waals surface area contributed by atoms with Crippen molar-refractivity contribution in [2.24, 2.45) is 0 Å². The maximum atomic E-state index is 12.4. The van der Waals surface area contributed by atoms with E-state index in [-0.39, 0.29) is 16.7 Å². The molecule has 1 heterocycles. The second-order valence-electron chi connectivity index (χ2n) is 4.61. The molecule has 0 spiro atoms. The zero-order valence-electron chi connectivity index (χ0n) is 10.8. The summed E-state index contributed by atoms with van der Waals surface area (Å²) in [6.45, 7) is 1.93. The molecule has 0 aliphatic carbocycles. The fourth-order valence-electron chi connectivity index (χ4n) is 2.15. The number of phenols is 1. The van der Waals surface area contributed by atoms with E-state index >= 15 is 0 Å². The summed E-state index contributed by atoms with van der Waals surface area (Å²) in [6, 6.07) is 11.6. The molecule has 0 atom stereocenters. The van der Waals surface area contributed by atoms with Gasteiger partial charge < -0.3 is 10.1 Å². The molecule has 20 heavy (non-hydrogen) atoms. The SMILES string of the molecule is Cc1ccc(-n2c(=O)[nH]c3c(O)cccc3c2=O)cc1. The molecule has 3 aromatic rings. The second-order valence-corrected chi connectivity index (χ2v) is 4.61. The second kappa shape index (κ2) is 4.38. The number of fused-ring (bicyclic) bond motifs is 1. The van der Waals surface area contributed by atoms with Crippen molar-refractivity contribution in [2.45, 2.75) is 6.92 Å². The number of rotatable bonds is 1. The molecule has 0 bridgehead atoms. The van der Waals surface area contributed by atoms with Gasteiger partial charge in [0, 0.05) is 0 Å². The predicted octanol–water partition coefficient (Wildman–Crippen LogP) is 1.69. The van der Waals surface area contributed by atoms with Crippen LogP contribution in [0, 0.1) is 6.92 Å². The normalized spacial score (nSPS) is 10.8. The van der Waals surface area contributed by atoms with Gasteiger partial charge in [0.15, 0.2) is 0 Å². The van der Waals surface area contributed by atoms with Crippen LogP contribution in [-0.2, 0) is 0 Å². The summed E-state index contributed by atoms with van der Waals surface area (Å²) in [4.78, 5) is 27.0. The van der Waals surface area contributed by atoms with Crippen molar-refractivity contribution >= 4 is 10.9 Å². The van der Waals surface area contributed by atoms with E-state index in [4.69, 9.17) is 0 Å². The van der Waals surface area contributed by atoms with Gasteiger partial charge in [-0.1, -0.05) is 23.8 Å². The summed E-state index contributed by atoms with van der Waals surface area (Å²) < 4.78 is 1.06. The van der Waals surface area contributed by atoms with Crippen LogP contribution in [0.15, 0.2) is 52.1 Å². The molecule has 5 nitrogen and oxygen atoms in total. The number of H-pyrrole nitrogens is 1. The van der Waals surface area contributed by atoms with Crippen LogP contribution < -0.4 is 11.2 Å². The van der Waals surface area contributed by atoms with Crippen molar-refractivity contribution in [2.75, 3.05) is 0 Å². The van der Waals surface area contributed by atoms with Crippen LogP contribution >= 0.6 is 0 Å². The predicted molar refractivity (Wildman–Crippen MR) is 76.6 cm³/mol. The van der Waals surface area contributed by atoms with Crippen molar-refractivity contribution in [1.82, 2.24) is 9.55 Å². The molecule has 0 saturated carbocycles. The largest absolute Gasteiger partial charge is 0.506 e. The lowest BCUT2D eigenvalue weighted by Gasteiger charge is -2.07. The van der Waals surface area contributed by atoms with Crippen LogP contribution in [-0.4, -0.2) is 14.7 Å². The highest BCUT2D eigenvalue weighted by atomic mass is 16.3. The summed E-state index contributed by atoms with van der Waals surface area (Å²) in [5, 5.41) is 9.97. The van der Waals surface area contributed by atoms with Crippen LogP contribution in [0.1, 0.15) is 5.56 Å². The Balaban J connectivity index is 2.41. The first-order valence-corrected chi connectivity index (χ1v) is 6.12.